The Morgan fingerprint density at radius 3 is 2.41 bits per heavy atom. The summed E-state index contributed by atoms with van der Waals surface area (Å²) >= 11 is 0. The van der Waals surface area contributed by atoms with Gasteiger partial charge in [0.2, 0.25) is 0 Å². The van der Waals surface area contributed by atoms with Gasteiger partial charge in [-0.2, -0.15) is 0 Å². The molecule has 0 aromatic heterocycles. The van der Waals surface area contributed by atoms with Crippen molar-refractivity contribution in [1.82, 2.24) is 0 Å². The van der Waals surface area contributed by atoms with E-state index in [1.54, 1.807) is 0 Å². The highest BCUT2D eigenvalue weighted by atomic mass is 16.5. The average Bonchev–Trinajstić information content (AvgIpc) is 2.26. The van der Waals surface area contributed by atoms with E-state index < -0.39 is 5.97 Å². The van der Waals surface area contributed by atoms with Crippen LogP contribution in [-0.4, -0.2) is 31.4 Å². The maximum Gasteiger partial charge on any atom is 0.0707 e. The summed E-state index contributed by atoms with van der Waals surface area (Å²) in [6.45, 7) is 8.10. The van der Waals surface area contributed by atoms with E-state index in [0.717, 1.165) is 19.3 Å². The molecule has 0 aliphatic carbocycles. The van der Waals surface area contributed by atoms with Crippen molar-refractivity contribution in [2.75, 3.05) is 19.8 Å². The second-order valence-electron chi connectivity index (χ2n) is 4.76. The molecule has 0 bridgehead atoms. The Morgan fingerprint density at radius 2 is 1.82 bits per heavy atom. The molecule has 0 N–H and O–H groups in total. The van der Waals surface area contributed by atoms with Gasteiger partial charge in [-0.3, -0.25) is 0 Å². The molecular formula is C13H25O4-. The van der Waals surface area contributed by atoms with Gasteiger partial charge in [-0.05, 0) is 39.5 Å². The third kappa shape index (κ3) is 11.6. The van der Waals surface area contributed by atoms with Crippen molar-refractivity contribution in [3.8, 4) is 0 Å². The van der Waals surface area contributed by atoms with Crippen LogP contribution in [-0.2, 0) is 14.3 Å². The fourth-order valence-corrected chi connectivity index (χ4v) is 1.23. The minimum Gasteiger partial charge on any atom is -0.550 e. The van der Waals surface area contributed by atoms with Gasteiger partial charge in [-0.1, -0.05) is 13.3 Å². The number of carbonyl (C=O) groups is 1. The van der Waals surface area contributed by atoms with Crippen LogP contribution in [0.15, 0.2) is 0 Å². The molecule has 17 heavy (non-hydrogen) atoms. The first-order valence-electron chi connectivity index (χ1n) is 6.39. The lowest BCUT2D eigenvalue weighted by molar-refractivity contribution is -0.305. The van der Waals surface area contributed by atoms with Crippen molar-refractivity contribution >= 4 is 5.97 Å². The first-order chi connectivity index (χ1) is 7.98. The molecule has 0 spiro atoms. The van der Waals surface area contributed by atoms with E-state index in [1.807, 2.05) is 0 Å². The average molecular weight is 245 g/mol. The predicted molar refractivity (Wildman–Crippen MR) is 64.6 cm³/mol. The van der Waals surface area contributed by atoms with Gasteiger partial charge < -0.3 is 19.4 Å². The monoisotopic (exact) mass is 245 g/mol. The molecule has 0 aromatic rings. The lowest BCUT2D eigenvalue weighted by Gasteiger charge is -2.23. The molecule has 0 atom stereocenters. The summed E-state index contributed by atoms with van der Waals surface area (Å²) in [5.74, 6) is -0.971. The van der Waals surface area contributed by atoms with Gasteiger partial charge in [0.05, 0.1) is 18.8 Å². The maximum absolute atomic E-state index is 10.1. The van der Waals surface area contributed by atoms with Crippen LogP contribution < -0.4 is 5.11 Å². The summed E-state index contributed by atoms with van der Waals surface area (Å²) in [7, 11) is 0. The molecule has 0 amide bonds. The normalized spacial score (nSPS) is 11.7. The number of hydrogen-bond donors (Lipinski definition) is 0. The molecule has 0 aliphatic heterocycles. The topological polar surface area (TPSA) is 58.6 Å². The largest absolute Gasteiger partial charge is 0.550 e. The van der Waals surface area contributed by atoms with E-state index in [9.17, 15) is 9.90 Å². The number of unbranched alkanes of at least 4 members (excludes halogenated alkanes) is 2. The molecule has 4 nitrogen and oxygen atoms in total. The van der Waals surface area contributed by atoms with Crippen LogP contribution in [0.5, 0.6) is 0 Å². The maximum atomic E-state index is 10.1. The molecule has 0 aromatic carbocycles. The van der Waals surface area contributed by atoms with E-state index in [4.69, 9.17) is 9.47 Å². The Kier molecular flexibility index (Phi) is 9.09. The summed E-state index contributed by atoms with van der Waals surface area (Å²) in [6, 6.07) is 0. The zero-order chi connectivity index (χ0) is 13.1. The Morgan fingerprint density at radius 1 is 1.12 bits per heavy atom. The lowest BCUT2D eigenvalue weighted by Crippen LogP contribution is -2.25. The number of rotatable bonds is 11. The first kappa shape index (κ1) is 16.4. The van der Waals surface area contributed by atoms with Crippen LogP contribution in [0.2, 0.25) is 0 Å². The number of carbonyl (C=O) groups excluding carboxylic acids is 1. The van der Waals surface area contributed by atoms with Crippen molar-refractivity contribution in [2.45, 2.75) is 58.5 Å². The predicted octanol–water partition coefficient (Wildman–Crippen LogP) is 1.52. The highest BCUT2D eigenvalue weighted by Gasteiger charge is 2.14. The van der Waals surface area contributed by atoms with Gasteiger partial charge in [-0.25, -0.2) is 0 Å². The second-order valence-corrected chi connectivity index (χ2v) is 4.76. The number of aliphatic carboxylic acids is 1. The smallest absolute Gasteiger partial charge is 0.0707 e. The lowest BCUT2D eigenvalue weighted by atomic mass is 10.1. The molecule has 102 valence electrons. The van der Waals surface area contributed by atoms with Crippen LogP contribution in [0.4, 0.5) is 0 Å². The van der Waals surface area contributed by atoms with Crippen molar-refractivity contribution in [1.29, 1.82) is 0 Å². The Balaban J connectivity index is 3.16. The fourth-order valence-electron chi connectivity index (χ4n) is 1.23. The van der Waals surface area contributed by atoms with Gasteiger partial charge in [0.15, 0.2) is 0 Å². The summed E-state index contributed by atoms with van der Waals surface area (Å²) < 4.78 is 11.0. The molecule has 4 heteroatoms. The van der Waals surface area contributed by atoms with E-state index in [2.05, 4.69) is 20.8 Å². The van der Waals surface area contributed by atoms with Gasteiger partial charge >= 0.3 is 0 Å². The summed E-state index contributed by atoms with van der Waals surface area (Å²) in [4.78, 5) is 10.1. The van der Waals surface area contributed by atoms with Crippen molar-refractivity contribution in [3.63, 3.8) is 0 Å². The highest BCUT2D eigenvalue weighted by molar-refractivity contribution is 5.63. The number of ether oxygens (including phenoxy) is 2. The Bertz CT molecular complexity index is 202. The van der Waals surface area contributed by atoms with Crippen LogP contribution in [0, 0.1) is 0 Å². The summed E-state index contributed by atoms with van der Waals surface area (Å²) in [6.07, 6.45) is 3.56. The molecule has 0 saturated carbocycles. The zero-order valence-corrected chi connectivity index (χ0v) is 11.3. The first-order valence-corrected chi connectivity index (χ1v) is 6.39. The Hall–Kier alpha value is -0.610. The standard InChI is InChI=1S/C13H26O4/c1-4-13(2,3)17-11-10-16-9-7-5-6-8-12(14)15/h4-11H2,1-3H3,(H,14,15)/p-1. The van der Waals surface area contributed by atoms with Gasteiger partial charge in [0.1, 0.15) is 0 Å². The SMILES string of the molecule is CCC(C)(C)OCCOCCCCCC(=O)[O-]. The van der Waals surface area contributed by atoms with Gasteiger partial charge in [0.25, 0.3) is 0 Å². The van der Waals surface area contributed by atoms with Gasteiger partial charge in [0, 0.05) is 12.6 Å². The van der Waals surface area contributed by atoms with E-state index >= 15 is 0 Å². The highest BCUT2D eigenvalue weighted by Crippen LogP contribution is 2.12. The molecule has 0 unspecified atom stereocenters. The van der Waals surface area contributed by atoms with Crippen LogP contribution in [0.1, 0.15) is 52.9 Å². The minimum absolute atomic E-state index is 0.0716. The molecule has 0 fully saturated rings. The summed E-state index contributed by atoms with van der Waals surface area (Å²) in [5.41, 5.74) is -0.0716. The molecule has 0 heterocycles. The minimum atomic E-state index is -0.971. The number of hydrogen-bond acceptors (Lipinski definition) is 4. The molecule has 0 rings (SSSR count). The van der Waals surface area contributed by atoms with E-state index in [1.165, 1.54) is 0 Å². The molecular weight excluding hydrogens is 220 g/mol. The molecule has 0 radical (unpaired) electrons. The zero-order valence-electron chi connectivity index (χ0n) is 11.3. The van der Waals surface area contributed by atoms with Crippen molar-refractivity contribution in [2.24, 2.45) is 0 Å². The van der Waals surface area contributed by atoms with Crippen LogP contribution >= 0.6 is 0 Å². The number of carboxylic acids is 1. The number of carboxylic acid groups (broad SMARTS) is 1. The third-order valence-electron chi connectivity index (χ3n) is 2.74. The molecule has 0 aliphatic rings. The fraction of sp³-hybridized carbons (Fsp3) is 0.923. The quantitative estimate of drug-likeness (QED) is 0.518. The third-order valence-corrected chi connectivity index (χ3v) is 2.74. The van der Waals surface area contributed by atoms with Crippen LogP contribution in [0.25, 0.3) is 0 Å². The summed E-state index contributed by atoms with van der Waals surface area (Å²) in [5, 5.41) is 10.1. The van der Waals surface area contributed by atoms with Gasteiger partial charge in [-0.15, -0.1) is 0 Å². The van der Waals surface area contributed by atoms with Crippen molar-refractivity contribution < 1.29 is 19.4 Å². The van der Waals surface area contributed by atoms with Crippen molar-refractivity contribution in [3.05, 3.63) is 0 Å². The second kappa shape index (κ2) is 9.42. The molecule has 0 saturated heterocycles. The Labute approximate surface area is 104 Å². The van der Waals surface area contributed by atoms with E-state index in [-0.39, 0.29) is 12.0 Å². The van der Waals surface area contributed by atoms with Crippen LogP contribution in [0.3, 0.4) is 0 Å². The van der Waals surface area contributed by atoms with E-state index in [0.29, 0.717) is 26.2 Å².